The molecule has 1 aliphatic carbocycles. The molecule has 32 heavy (non-hydrogen) atoms. The van der Waals surface area contributed by atoms with Gasteiger partial charge in [0.05, 0.1) is 4.91 Å². The van der Waals surface area contributed by atoms with Crippen LogP contribution in [0.25, 0.3) is 6.08 Å². The van der Waals surface area contributed by atoms with Gasteiger partial charge < -0.3 is 10.2 Å². The molecule has 1 heterocycles. The highest BCUT2D eigenvalue weighted by molar-refractivity contribution is 8.04. The molecule has 0 spiro atoms. The minimum Gasteiger partial charge on any atom is -0.354 e. The van der Waals surface area contributed by atoms with Crippen LogP contribution in [0.1, 0.15) is 36.8 Å². The number of rotatable bonds is 6. The Hall–Kier alpha value is -1.95. The maximum atomic E-state index is 13.3. The first kappa shape index (κ1) is 23.2. The lowest BCUT2D eigenvalue weighted by Crippen LogP contribution is -2.54. The molecule has 2 aromatic rings. The lowest BCUT2D eigenvalue weighted by molar-refractivity contribution is -0.135. The molecule has 4 rings (SSSR count). The van der Waals surface area contributed by atoms with Gasteiger partial charge >= 0.3 is 0 Å². The second-order valence-corrected chi connectivity index (χ2v) is 10.4. The first-order valence-electron chi connectivity index (χ1n) is 11.0. The maximum absolute atomic E-state index is 13.3. The summed E-state index contributed by atoms with van der Waals surface area (Å²) in [6.07, 6.45) is 6.92. The van der Waals surface area contributed by atoms with E-state index in [-0.39, 0.29) is 24.4 Å². The smallest absolute Gasteiger partial charge is 0.261 e. The first-order valence-corrected chi connectivity index (χ1v) is 12.6. The molecule has 2 amide bonds. The molecule has 2 aliphatic rings. The van der Waals surface area contributed by atoms with Gasteiger partial charge in [0, 0.05) is 27.9 Å². The molecule has 1 saturated carbocycles. The molecule has 2 fully saturated rings. The van der Waals surface area contributed by atoms with Gasteiger partial charge in [-0.3, -0.25) is 9.59 Å². The number of hydrogen-bond donors (Lipinski definition) is 1. The maximum Gasteiger partial charge on any atom is 0.261 e. The van der Waals surface area contributed by atoms with E-state index in [9.17, 15) is 9.59 Å². The summed E-state index contributed by atoms with van der Waals surface area (Å²) in [6, 6.07) is 15.2. The van der Waals surface area contributed by atoms with Crippen LogP contribution in [0, 0.1) is 0 Å². The van der Waals surface area contributed by atoms with Crippen LogP contribution in [-0.4, -0.2) is 41.1 Å². The number of halogens is 2. The van der Waals surface area contributed by atoms with Gasteiger partial charge in [0.1, 0.15) is 6.54 Å². The molecule has 0 aromatic heterocycles. The van der Waals surface area contributed by atoms with Crippen LogP contribution in [-0.2, 0) is 16.0 Å². The molecule has 2 atom stereocenters. The highest BCUT2D eigenvalue weighted by Gasteiger charge is 2.41. The molecule has 168 valence electrons. The van der Waals surface area contributed by atoms with Crippen LogP contribution in [0.15, 0.2) is 53.4 Å². The minimum atomic E-state index is -0.116. The van der Waals surface area contributed by atoms with Crippen molar-refractivity contribution in [1.29, 1.82) is 0 Å². The number of benzene rings is 2. The third kappa shape index (κ3) is 5.89. The van der Waals surface area contributed by atoms with Crippen molar-refractivity contribution < 1.29 is 9.59 Å². The predicted molar refractivity (Wildman–Crippen MR) is 133 cm³/mol. The number of hydrogen-bond acceptors (Lipinski definition) is 3. The summed E-state index contributed by atoms with van der Waals surface area (Å²) < 4.78 is 0. The second kappa shape index (κ2) is 10.8. The lowest BCUT2D eigenvalue weighted by Gasteiger charge is -2.43. The molecule has 0 radical (unpaired) electrons. The molecule has 0 bridgehead atoms. The van der Waals surface area contributed by atoms with E-state index in [4.69, 9.17) is 23.2 Å². The molecule has 4 nitrogen and oxygen atoms in total. The Balaban J connectivity index is 1.42. The summed E-state index contributed by atoms with van der Waals surface area (Å²) in [4.78, 5) is 28.5. The Bertz CT molecular complexity index is 992. The summed E-state index contributed by atoms with van der Waals surface area (Å²) in [5, 5.41) is 4.67. The average molecular weight is 489 g/mol. The van der Waals surface area contributed by atoms with Crippen molar-refractivity contribution in [2.24, 2.45) is 0 Å². The van der Waals surface area contributed by atoms with Gasteiger partial charge in [-0.25, -0.2) is 0 Å². The lowest BCUT2D eigenvalue weighted by atomic mass is 9.93. The third-order valence-corrected chi connectivity index (χ3v) is 7.85. The molecule has 2 unspecified atom stereocenters. The zero-order valence-electron chi connectivity index (χ0n) is 17.7. The van der Waals surface area contributed by atoms with Crippen molar-refractivity contribution in [2.75, 3.05) is 13.1 Å². The van der Waals surface area contributed by atoms with Crippen molar-refractivity contribution in [1.82, 2.24) is 10.2 Å². The van der Waals surface area contributed by atoms with Crippen molar-refractivity contribution in [2.45, 2.75) is 43.4 Å². The number of carbonyl (C=O) groups is 2. The fourth-order valence-electron chi connectivity index (χ4n) is 4.28. The summed E-state index contributed by atoms with van der Waals surface area (Å²) in [6.45, 7) is 0.623. The Morgan fingerprint density at radius 1 is 1.03 bits per heavy atom. The topological polar surface area (TPSA) is 49.4 Å². The summed E-state index contributed by atoms with van der Waals surface area (Å²) >= 11 is 13.6. The summed E-state index contributed by atoms with van der Waals surface area (Å²) in [5.41, 5.74) is 2.05. The molecule has 1 aliphatic heterocycles. The van der Waals surface area contributed by atoms with Crippen molar-refractivity contribution in [3.63, 3.8) is 0 Å². The van der Waals surface area contributed by atoms with Crippen LogP contribution >= 0.6 is 35.0 Å². The van der Waals surface area contributed by atoms with Gasteiger partial charge in [0.25, 0.3) is 5.91 Å². The van der Waals surface area contributed by atoms with Crippen LogP contribution in [0.3, 0.4) is 0 Å². The van der Waals surface area contributed by atoms with Crippen molar-refractivity contribution in [3.8, 4) is 0 Å². The number of thioether (sulfide) groups is 1. The van der Waals surface area contributed by atoms with E-state index in [0.29, 0.717) is 26.7 Å². The molecule has 1 saturated heterocycles. The van der Waals surface area contributed by atoms with Crippen LogP contribution in [0.5, 0.6) is 0 Å². The van der Waals surface area contributed by atoms with E-state index in [2.05, 4.69) is 5.32 Å². The van der Waals surface area contributed by atoms with Crippen molar-refractivity contribution >= 4 is 52.9 Å². The standard InChI is InChI=1S/C25H26Cl2N2O2S/c26-19-9-5-17(6-10-19)13-14-28-24(30)16-29-21-3-1-2-4-22(21)32-23(25(29)31)15-18-7-11-20(27)12-8-18/h5-12,15,21-22H,1-4,13-14,16H2,(H,28,30)/b23-15+. The van der Waals surface area contributed by atoms with Gasteiger partial charge in [-0.1, -0.05) is 60.3 Å². The number of fused-ring (bicyclic) bond motifs is 1. The van der Waals surface area contributed by atoms with Gasteiger partial charge in [0.15, 0.2) is 0 Å². The minimum absolute atomic E-state index is 0.0547. The Labute approximate surface area is 203 Å². The van der Waals surface area contributed by atoms with E-state index in [1.807, 2.05) is 54.6 Å². The fraction of sp³-hybridized carbons (Fsp3) is 0.360. The first-order chi connectivity index (χ1) is 15.5. The Morgan fingerprint density at radius 2 is 1.69 bits per heavy atom. The van der Waals surface area contributed by atoms with Crippen LogP contribution in [0.4, 0.5) is 0 Å². The van der Waals surface area contributed by atoms with Gasteiger partial charge in [-0.15, -0.1) is 11.8 Å². The number of carbonyl (C=O) groups excluding carboxylic acids is 2. The quantitative estimate of drug-likeness (QED) is 0.539. The highest BCUT2D eigenvalue weighted by atomic mass is 35.5. The van der Waals surface area contributed by atoms with Crippen LogP contribution < -0.4 is 5.32 Å². The van der Waals surface area contributed by atoms with Gasteiger partial charge in [-0.2, -0.15) is 0 Å². The van der Waals surface area contributed by atoms with E-state index >= 15 is 0 Å². The zero-order chi connectivity index (χ0) is 22.5. The van der Waals surface area contributed by atoms with E-state index in [0.717, 1.165) is 43.2 Å². The van der Waals surface area contributed by atoms with Crippen molar-refractivity contribution in [3.05, 3.63) is 74.6 Å². The fourth-order valence-corrected chi connectivity index (χ4v) is 6.01. The number of nitrogens with zero attached hydrogens (tertiary/aromatic N) is 1. The Morgan fingerprint density at radius 3 is 2.41 bits per heavy atom. The predicted octanol–water partition coefficient (Wildman–Crippen LogP) is 5.58. The summed E-state index contributed by atoms with van der Waals surface area (Å²) in [5.74, 6) is -0.171. The highest BCUT2D eigenvalue weighted by Crippen LogP contribution is 2.42. The largest absolute Gasteiger partial charge is 0.354 e. The summed E-state index contributed by atoms with van der Waals surface area (Å²) in [7, 11) is 0. The Kier molecular flexibility index (Phi) is 7.82. The third-order valence-electron chi connectivity index (χ3n) is 5.95. The van der Waals surface area contributed by atoms with Gasteiger partial charge in [0.2, 0.25) is 5.91 Å². The SMILES string of the molecule is O=C(CN1C(=O)/C(=C\c2ccc(Cl)cc2)SC2CCCCC21)NCCc1ccc(Cl)cc1. The van der Waals surface area contributed by atoms with Gasteiger partial charge in [-0.05, 0) is 60.7 Å². The molecule has 1 N–H and O–H groups in total. The second-order valence-electron chi connectivity index (χ2n) is 8.23. The molecule has 2 aromatic carbocycles. The zero-order valence-corrected chi connectivity index (χ0v) is 20.1. The number of nitrogens with one attached hydrogen (secondary N) is 1. The van der Waals surface area contributed by atoms with E-state index in [1.165, 1.54) is 0 Å². The normalized spacial score (nSPS) is 22.0. The van der Waals surface area contributed by atoms with E-state index in [1.54, 1.807) is 16.7 Å². The molecular weight excluding hydrogens is 463 g/mol. The van der Waals surface area contributed by atoms with Crippen LogP contribution in [0.2, 0.25) is 10.0 Å². The van der Waals surface area contributed by atoms with E-state index < -0.39 is 0 Å². The molecule has 7 heteroatoms. The number of amides is 2. The monoisotopic (exact) mass is 488 g/mol. The average Bonchev–Trinajstić information content (AvgIpc) is 2.79. The molecular formula is C25H26Cl2N2O2S.